The lowest BCUT2D eigenvalue weighted by atomic mass is 10.1. The van der Waals surface area contributed by atoms with Gasteiger partial charge in [0.2, 0.25) is 0 Å². The molecule has 0 aromatic heterocycles. The second-order valence-electron chi connectivity index (χ2n) is 8.83. The summed E-state index contributed by atoms with van der Waals surface area (Å²) < 4.78 is 27.7. The minimum atomic E-state index is -3.49. The van der Waals surface area contributed by atoms with Gasteiger partial charge in [-0.25, -0.2) is 0 Å². The summed E-state index contributed by atoms with van der Waals surface area (Å²) in [6, 6.07) is 10.6. The van der Waals surface area contributed by atoms with Crippen LogP contribution in [0, 0.1) is 0 Å². The Bertz CT molecular complexity index is 865. The molecule has 0 saturated carbocycles. The van der Waals surface area contributed by atoms with E-state index in [9.17, 15) is 8.42 Å². The molecule has 4 nitrogen and oxygen atoms in total. The van der Waals surface area contributed by atoms with Gasteiger partial charge in [-0.1, -0.05) is 93.8 Å². The van der Waals surface area contributed by atoms with Crippen LogP contribution in [0.2, 0.25) is 0 Å². The van der Waals surface area contributed by atoms with Gasteiger partial charge in [-0.15, -0.1) is 0 Å². The van der Waals surface area contributed by atoms with Gasteiger partial charge in [0.05, 0.1) is 32.7 Å². The maximum atomic E-state index is 11.1. The normalized spacial score (nSPS) is 13.7. The molecule has 0 spiro atoms. The first kappa shape index (κ1) is 28.1. The van der Waals surface area contributed by atoms with Crippen molar-refractivity contribution in [2.24, 2.45) is 0 Å². The number of likely N-dealkylation sites (N-methyl/N-ethyl adjacent to an activating group) is 1. The number of benzene rings is 1. The average Bonchev–Trinajstić information content (AvgIpc) is 3.07. The van der Waals surface area contributed by atoms with E-state index in [1.54, 1.807) is 30.4 Å². The molecule has 1 aromatic carbocycles. The zero-order valence-electron chi connectivity index (χ0n) is 20.4. The highest BCUT2D eigenvalue weighted by Crippen LogP contribution is 2.17. The highest BCUT2D eigenvalue weighted by atomic mass is 32.2. The minimum absolute atomic E-state index is 0.287. The zero-order valence-corrected chi connectivity index (χ0v) is 21.2. The number of allylic oxidation sites excluding steroid dienone is 6. The van der Waals surface area contributed by atoms with E-state index in [-0.39, 0.29) is 4.91 Å². The maximum Gasteiger partial charge on any atom is 0.293 e. The summed E-state index contributed by atoms with van der Waals surface area (Å²) >= 11 is 0. The Balaban J connectivity index is 0.000000363. The van der Waals surface area contributed by atoms with Crippen LogP contribution in [0.25, 0.3) is 5.57 Å². The second-order valence-corrected chi connectivity index (χ2v) is 10.6. The molecule has 2 rings (SSSR count). The Morgan fingerprint density at radius 2 is 1.66 bits per heavy atom. The third-order valence-electron chi connectivity index (χ3n) is 5.42. The van der Waals surface area contributed by atoms with Crippen LogP contribution < -0.4 is 0 Å². The molecular formula is C27H42NO3S+. The molecule has 0 heterocycles. The quantitative estimate of drug-likeness (QED) is 0.203. The first-order valence-corrected chi connectivity index (χ1v) is 13.0. The Labute approximate surface area is 196 Å². The average molecular weight is 461 g/mol. The van der Waals surface area contributed by atoms with Gasteiger partial charge < -0.3 is 4.48 Å². The van der Waals surface area contributed by atoms with Crippen LogP contribution in [0.15, 0.2) is 72.2 Å². The van der Waals surface area contributed by atoms with Gasteiger partial charge in [-0.2, -0.15) is 8.42 Å². The maximum absolute atomic E-state index is 11.1. The monoisotopic (exact) mass is 460 g/mol. The minimum Gasteiger partial charge on any atom is -0.325 e. The van der Waals surface area contributed by atoms with Crippen molar-refractivity contribution < 1.29 is 17.1 Å². The molecule has 0 amide bonds. The lowest BCUT2D eigenvalue weighted by Crippen LogP contribution is -2.41. The van der Waals surface area contributed by atoms with Gasteiger partial charge in [-0.3, -0.25) is 4.18 Å². The van der Waals surface area contributed by atoms with E-state index in [2.05, 4.69) is 62.1 Å². The molecule has 1 aromatic rings. The number of unbranched alkanes of at least 4 members (excludes halogenated alkanes) is 5. The highest BCUT2D eigenvalue weighted by Gasteiger charge is 2.17. The lowest BCUT2D eigenvalue weighted by Gasteiger charge is -2.30. The fraction of sp³-hybridized carbons (Fsp3) is 0.481. The number of quaternary nitrogens is 1. The molecule has 5 heteroatoms. The van der Waals surface area contributed by atoms with Crippen molar-refractivity contribution in [1.29, 1.82) is 0 Å². The Morgan fingerprint density at radius 1 is 1.00 bits per heavy atom. The van der Waals surface area contributed by atoms with E-state index >= 15 is 0 Å². The van der Waals surface area contributed by atoms with Crippen molar-refractivity contribution in [1.82, 2.24) is 0 Å². The molecule has 0 bridgehead atoms. The fourth-order valence-electron chi connectivity index (χ4n) is 3.53. The molecule has 1 aliphatic rings. The zero-order chi connectivity index (χ0) is 23.9. The molecule has 0 unspecified atom stereocenters. The SMILES string of the molecule is C=C(C[N+](C)(C)CCCCCCCC)c1ccccc1.COS(=O)(=O)C1=CC=CC=CC1. The van der Waals surface area contributed by atoms with Crippen molar-refractivity contribution in [3.05, 3.63) is 77.8 Å². The molecule has 0 aliphatic heterocycles. The molecule has 0 N–H and O–H groups in total. The van der Waals surface area contributed by atoms with Crippen molar-refractivity contribution in [2.75, 3.05) is 34.3 Å². The lowest BCUT2D eigenvalue weighted by molar-refractivity contribution is -0.883. The van der Waals surface area contributed by atoms with Crippen molar-refractivity contribution in [2.45, 2.75) is 51.9 Å². The molecule has 1 aliphatic carbocycles. The third-order valence-corrected chi connectivity index (χ3v) is 6.80. The van der Waals surface area contributed by atoms with Crippen LogP contribution >= 0.6 is 0 Å². The van der Waals surface area contributed by atoms with E-state index < -0.39 is 10.1 Å². The van der Waals surface area contributed by atoms with Crippen LogP contribution in [0.1, 0.15) is 57.4 Å². The Hall–Kier alpha value is -1.95. The van der Waals surface area contributed by atoms with Crippen molar-refractivity contribution >= 4 is 15.7 Å². The summed E-state index contributed by atoms with van der Waals surface area (Å²) in [4.78, 5) is 0.287. The fourth-order valence-corrected chi connectivity index (χ4v) is 4.29. The number of rotatable bonds is 12. The molecule has 0 atom stereocenters. The third kappa shape index (κ3) is 11.6. The number of hydrogen-bond acceptors (Lipinski definition) is 3. The van der Waals surface area contributed by atoms with Gasteiger partial charge in [-0.05, 0) is 24.5 Å². The summed E-state index contributed by atoms with van der Waals surface area (Å²) in [5, 5.41) is 0. The van der Waals surface area contributed by atoms with Crippen LogP contribution in [0.4, 0.5) is 0 Å². The molecule has 0 saturated heterocycles. The first-order valence-electron chi connectivity index (χ1n) is 11.6. The summed E-state index contributed by atoms with van der Waals surface area (Å²) in [6.07, 6.45) is 17.2. The smallest absolute Gasteiger partial charge is 0.293 e. The number of nitrogens with zero attached hydrogens (tertiary/aromatic N) is 1. The van der Waals surface area contributed by atoms with Crippen LogP contribution in [-0.2, 0) is 14.3 Å². The van der Waals surface area contributed by atoms with Gasteiger partial charge >= 0.3 is 0 Å². The van der Waals surface area contributed by atoms with Gasteiger partial charge in [0.25, 0.3) is 10.1 Å². The van der Waals surface area contributed by atoms with E-state index in [4.69, 9.17) is 0 Å². The van der Waals surface area contributed by atoms with E-state index in [0.29, 0.717) is 6.42 Å². The summed E-state index contributed by atoms with van der Waals surface area (Å²) in [6.45, 7) is 8.82. The van der Waals surface area contributed by atoms with Crippen LogP contribution in [0.3, 0.4) is 0 Å². The molecule has 32 heavy (non-hydrogen) atoms. The van der Waals surface area contributed by atoms with Crippen LogP contribution in [0.5, 0.6) is 0 Å². The van der Waals surface area contributed by atoms with Gasteiger partial charge in [0.15, 0.2) is 0 Å². The predicted octanol–water partition coefficient (Wildman–Crippen LogP) is 6.50. The Kier molecular flexibility index (Phi) is 13.2. The van der Waals surface area contributed by atoms with E-state index in [1.807, 2.05) is 0 Å². The van der Waals surface area contributed by atoms with Crippen molar-refractivity contribution in [3.8, 4) is 0 Å². The molecule has 0 radical (unpaired) electrons. The molecule has 0 fully saturated rings. The van der Waals surface area contributed by atoms with Gasteiger partial charge in [0.1, 0.15) is 6.54 Å². The van der Waals surface area contributed by atoms with E-state index in [0.717, 1.165) is 18.1 Å². The second kappa shape index (κ2) is 15.0. The van der Waals surface area contributed by atoms with E-state index in [1.165, 1.54) is 56.2 Å². The topological polar surface area (TPSA) is 43.4 Å². The predicted molar refractivity (Wildman–Crippen MR) is 138 cm³/mol. The summed E-state index contributed by atoms with van der Waals surface area (Å²) in [5.74, 6) is 0. The standard InChI is InChI=1S/C19H32N.C8H10O3S/c1-5-6-7-8-9-13-16-20(3,4)17-18(2)19-14-11-10-12-15-19;1-11-12(9,10)8-6-4-2-3-5-7-8/h10-12,14-15H,2,5-9,13,16-17H2,1,3-4H3;2-6H,7H2,1H3/q+1;. The first-order chi connectivity index (χ1) is 15.2. The number of hydrogen-bond donors (Lipinski definition) is 0. The Morgan fingerprint density at radius 3 is 2.31 bits per heavy atom. The summed E-state index contributed by atoms with van der Waals surface area (Å²) in [5.41, 5.74) is 2.53. The highest BCUT2D eigenvalue weighted by molar-refractivity contribution is 7.90. The molecule has 178 valence electrons. The molecular weight excluding hydrogens is 418 g/mol. The largest absolute Gasteiger partial charge is 0.325 e. The van der Waals surface area contributed by atoms with Gasteiger partial charge in [0, 0.05) is 12.0 Å². The van der Waals surface area contributed by atoms with Crippen LogP contribution in [-0.4, -0.2) is 47.2 Å². The summed E-state index contributed by atoms with van der Waals surface area (Å²) in [7, 11) is 2.31. The van der Waals surface area contributed by atoms with Crippen molar-refractivity contribution in [3.63, 3.8) is 0 Å².